The van der Waals surface area contributed by atoms with Gasteiger partial charge >= 0.3 is 0 Å². The molecule has 17 heavy (non-hydrogen) atoms. The Morgan fingerprint density at radius 1 is 1.53 bits per heavy atom. The van der Waals surface area contributed by atoms with E-state index < -0.39 is 0 Å². The van der Waals surface area contributed by atoms with Crippen LogP contribution in [-0.2, 0) is 11.3 Å². The lowest BCUT2D eigenvalue weighted by Crippen LogP contribution is -2.49. The summed E-state index contributed by atoms with van der Waals surface area (Å²) in [6.07, 6.45) is 0. The van der Waals surface area contributed by atoms with Gasteiger partial charge in [0.05, 0.1) is 6.04 Å². The topological polar surface area (TPSA) is 41.1 Å². The fourth-order valence-electron chi connectivity index (χ4n) is 1.27. The van der Waals surface area contributed by atoms with E-state index in [2.05, 4.69) is 32.6 Å². The Hall–Kier alpha value is -0.390. The summed E-state index contributed by atoms with van der Waals surface area (Å²) in [5.74, 6) is 0.0353. The molecule has 1 heterocycles. The molecule has 5 heteroatoms. The first-order valence-corrected chi connectivity index (χ1v) is 7.23. The third kappa shape index (κ3) is 5.66. The molecule has 1 aromatic heterocycles. The van der Waals surface area contributed by atoms with Gasteiger partial charge in [0.1, 0.15) is 0 Å². The number of thiophene rings is 1. The predicted octanol–water partition coefficient (Wildman–Crippen LogP) is 2.90. The highest BCUT2D eigenvalue weighted by atomic mass is 79.9. The van der Waals surface area contributed by atoms with Crippen molar-refractivity contribution in [1.82, 2.24) is 10.6 Å². The lowest BCUT2D eigenvalue weighted by atomic mass is 10.1. The van der Waals surface area contributed by atoms with Crippen molar-refractivity contribution in [2.45, 2.75) is 45.8 Å². The predicted molar refractivity (Wildman–Crippen MR) is 76.2 cm³/mol. The number of amides is 1. The summed E-state index contributed by atoms with van der Waals surface area (Å²) in [6.45, 7) is 8.54. The van der Waals surface area contributed by atoms with E-state index in [1.165, 1.54) is 4.88 Å². The molecule has 2 N–H and O–H groups in total. The molecule has 0 aliphatic carbocycles. The summed E-state index contributed by atoms with van der Waals surface area (Å²) < 4.78 is 1.09. The number of carbonyl (C=O) groups is 1. The third-order valence-corrected chi connectivity index (χ3v) is 3.79. The first-order chi connectivity index (χ1) is 7.78. The highest BCUT2D eigenvalue weighted by molar-refractivity contribution is 9.10. The standard InChI is InChI=1S/C12H19BrN2OS/c1-8(11(16)15-12(2,3)4)14-6-10-5-9(13)7-17-10/h5,7-8,14H,6H2,1-4H3,(H,15,16). The molecular formula is C12H19BrN2OS. The Labute approximate surface area is 115 Å². The van der Waals surface area contributed by atoms with Gasteiger partial charge in [0.2, 0.25) is 5.91 Å². The Bertz CT molecular complexity index is 384. The molecular weight excluding hydrogens is 300 g/mol. The van der Waals surface area contributed by atoms with Crippen LogP contribution in [0, 0.1) is 0 Å². The van der Waals surface area contributed by atoms with Crippen LogP contribution < -0.4 is 10.6 Å². The number of hydrogen-bond donors (Lipinski definition) is 2. The average Bonchev–Trinajstić information content (AvgIpc) is 2.58. The van der Waals surface area contributed by atoms with E-state index in [4.69, 9.17) is 0 Å². The molecule has 1 amide bonds. The fraction of sp³-hybridized carbons (Fsp3) is 0.583. The summed E-state index contributed by atoms with van der Waals surface area (Å²) in [4.78, 5) is 13.0. The molecule has 0 aromatic carbocycles. The second-order valence-electron chi connectivity index (χ2n) is 5.07. The van der Waals surface area contributed by atoms with Crippen molar-refractivity contribution >= 4 is 33.2 Å². The molecule has 0 fully saturated rings. The second kappa shape index (κ2) is 5.98. The molecule has 96 valence electrons. The molecule has 0 aliphatic heterocycles. The van der Waals surface area contributed by atoms with Crippen LogP contribution in [0.4, 0.5) is 0 Å². The van der Waals surface area contributed by atoms with Gasteiger partial charge in [-0.1, -0.05) is 0 Å². The molecule has 0 aliphatic rings. The molecule has 1 aromatic rings. The largest absolute Gasteiger partial charge is 0.350 e. The van der Waals surface area contributed by atoms with Crippen molar-refractivity contribution in [3.63, 3.8) is 0 Å². The van der Waals surface area contributed by atoms with Gasteiger partial charge < -0.3 is 10.6 Å². The summed E-state index contributed by atoms with van der Waals surface area (Å²) in [7, 11) is 0. The zero-order valence-corrected chi connectivity index (χ0v) is 13.0. The van der Waals surface area contributed by atoms with Gasteiger partial charge in [0.25, 0.3) is 0 Å². The van der Waals surface area contributed by atoms with E-state index in [0.717, 1.165) is 11.0 Å². The van der Waals surface area contributed by atoms with E-state index in [-0.39, 0.29) is 17.5 Å². The minimum atomic E-state index is -0.185. The molecule has 1 atom stereocenters. The van der Waals surface area contributed by atoms with Gasteiger partial charge in [-0.3, -0.25) is 4.79 Å². The van der Waals surface area contributed by atoms with E-state index in [1.54, 1.807) is 11.3 Å². The zero-order valence-electron chi connectivity index (χ0n) is 10.6. The first kappa shape index (κ1) is 14.7. The molecule has 1 rings (SSSR count). The van der Waals surface area contributed by atoms with Crippen LogP contribution in [-0.4, -0.2) is 17.5 Å². The first-order valence-electron chi connectivity index (χ1n) is 5.56. The van der Waals surface area contributed by atoms with Crippen molar-refractivity contribution in [2.75, 3.05) is 0 Å². The fourth-order valence-corrected chi connectivity index (χ4v) is 2.67. The van der Waals surface area contributed by atoms with Crippen LogP contribution in [0.15, 0.2) is 15.9 Å². The summed E-state index contributed by atoms with van der Waals surface area (Å²) in [6, 6.07) is 1.88. The van der Waals surface area contributed by atoms with Crippen molar-refractivity contribution in [3.8, 4) is 0 Å². The van der Waals surface area contributed by atoms with Crippen LogP contribution in [0.25, 0.3) is 0 Å². The monoisotopic (exact) mass is 318 g/mol. The zero-order chi connectivity index (χ0) is 13.1. The molecule has 0 saturated heterocycles. The van der Waals surface area contributed by atoms with E-state index >= 15 is 0 Å². The SMILES string of the molecule is CC(NCc1cc(Br)cs1)C(=O)NC(C)(C)C. The number of hydrogen-bond acceptors (Lipinski definition) is 3. The number of carbonyl (C=O) groups excluding carboxylic acids is 1. The van der Waals surface area contributed by atoms with Gasteiger partial charge in [-0.15, -0.1) is 11.3 Å². The van der Waals surface area contributed by atoms with Gasteiger partial charge in [-0.25, -0.2) is 0 Å². The molecule has 0 spiro atoms. The third-order valence-electron chi connectivity index (χ3n) is 2.10. The maximum absolute atomic E-state index is 11.8. The van der Waals surface area contributed by atoms with Gasteiger partial charge in [0.15, 0.2) is 0 Å². The molecule has 0 radical (unpaired) electrons. The number of rotatable bonds is 4. The smallest absolute Gasteiger partial charge is 0.237 e. The van der Waals surface area contributed by atoms with Crippen LogP contribution in [0.2, 0.25) is 0 Å². The summed E-state index contributed by atoms with van der Waals surface area (Å²) in [5.41, 5.74) is -0.182. The van der Waals surface area contributed by atoms with E-state index in [0.29, 0.717) is 0 Å². The Kier molecular flexibility index (Phi) is 5.16. The van der Waals surface area contributed by atoms with Crippen molar-refractivity contribution in [2.24, 2.45) is 0 Å². The number of nitrogens with one attached hydrogen (secondary N) is 2. The summed E-state index contributed by atoms with van der Waals surface area (Å²) >= 11 is 5.09. The minimum absolute atomic E-state index is 0.0353. The average molecular weight is 319 g/mol. The molecule has 1 unspecified atom stereocenters. The Balaban J connectivity index is 2.39. The lowest BCUT2D eigenvalue weighted by Gasteiger charge is -2.23. The molecule has 0 saturated carbocycles. The maximum atomic E-state index is 11.8. The van der Waals surface area contributed by atoms with Crippen LogP contribution >= 0.6 is 27.3 Å². The van der Waals surface area contributed by atoms with Gasteiger partial charge in [0, 0.05) is 26.8 Å². The lowest BCUT2D eigenvalue weighted by molar-refractivity contribution is -0.124. The highest BCUT2D eigenvalue weighted by Crippen LogP contribution is 2.19. The van der Waals surface area contributed by atoms with Crippen LogP contribution in [0.5, 0.6) is 0 Å². The Morgan fingerprint density at radius 3 is 2.65 bits per heavy atom. The van der Waals surface area contributed by atoms with Crippen molar-refractivity contribution in [3.05, 3.63) is 20.8 Å². The quantitative estimate of drug-likeness (QED) is 0.896. The summed E-state index contributed by atoms with van der Waals surface area (Å²) in [5, 5.41) is 8.20. The van der Waals surface area contributed by atoms with Crippen LogP contribution in [0.3, 0.4) is 0 Å². The van der Waals surface area contributed by atoms with Gasteiger partial charge in [-0.05, 0) is 49.7 Å². The highest BCUT2D eigenvalue weighted by Gasteiger charge is 2.18. The Morgan fingerprint density at radius 2 is 2.18 bits per heavy atom. The van der Waals surface area contributed by atoms with Gasteiger partial charge in [-0.2, -0.15) is 0 Å². The second-order valence-corrected chi connectivity index (χ2v) is 6.98. The minimum Gasteiger partial charge on any atom is -0.350 e. The van der Waals surface area contributed by atoms with Crippen molar-refractivity contribution < 1.29 is 4.79 Å². The van der Waals surface area contributed by atoms with E-state index in [9.17, 15) is 4.79 Å². The van der Waals surface area contributed by atoms with E-state index in [1.807, 2.05) is 33.1 Å². The maximum Gasteiger partial charge on any atom is 0.237 e. The number of halogens is 1. The van der Waals surface area contributed by atoms with Crippen LogP contribution in [0.1, 0.15) is 32.6 Å². The normalized spacial score (nSPS) is 13.5. The van der Waals surface area contributed by atoms with Crippen molar-refractivity contribution in [1.29, 1.82) is 0 Å². The molecule has 3 nitrogen and oxygen atoms in total. The molecule has 0 bridgehead atoms.